The van der Waals surface area contributed by atoms with Gasteiger partial charge in [0.05, 0.1) is 0 Å². The van der Waals surface area contributed by atoms with Crippen molar-refractivity contribution in [3.05, 3.63) is 0 Å². The molecule has 0 aromatic heterocycles. The predicted octanol–water partition coefficient (Wildman–Crippen LogP) is -1.30. The molecule has 3 N–H and O–H groups in total. The predicted molar refractivity (Wildman–Crippen MR) is 34.2 cm³/mol. The molecule has 0 aliphatic rings. The van der Waals surface area contributed by atoms with Crippen LogP contribution in [0.4, 0.5) is 0 Å². The van der Waals surface area contributed by atoms with E-state index in [0.717, 1.165) is 0 Å². The number of nitrogens with zero attached hydrogens (tertiary/aromatic N) is 1. The third-order valence-corrected chi connectivity index (χ3v) is 3.44. The van der Waals surface area contributed by atoms with E-state index in [9.17, 15) is 12.6 Å². The standard InChI is InChI=1S/H3NO6S3/c2-8(3)1(9(4)5)10(6)7/h(H,2,3)(H,4,5)(H,6,7). The summed E-state index contributed by atoms with van der Waals surface area (Å²) in [6.07, 6.45) is 0. The van der Waals surface area contributed by atoms with E-state index >= 15 is 0 Å². The second-order valence-corrected chi connectivity index (χ2v) is 4.09. The third kappa shape index (κ3) is 2.92. The number of hydrogen-bond acceptors (Lipinski definition) is 3. The van der Waals surface area contributed by atoms with Crippen molar-refractivity contribution in [2.24, 2.45) is 0 Å². The van der Waals surface area contributed by atoms with E-state index in [1.165, 1.54) is 0 Å². The molecule has 0 aromatic carbocycles. The molecule has 3 unspecified atom stereocenters. The summed E-state index contributed by atoms with van der Waals surface area (Å²) in [4.78, 5) is 0. The van der Waals surface area contributed by atoms with Gasteiger partial charge in [-0.15, -0.1) is 0 Å². The molecule has 0 aromatic rings. The van der Waals surface area contributed by atoms with Gasteiger partial charge in [-0.05, 0) is 0 Å². The minimum absolute atomic E-state index is 0.417. The van der Waals surface area contributed by atoms with E-state index in [0.29, 0.717) is 0 Å². The highest BCUT2D eigenvalue weighted by Gasteiger charge is 2.23. The van der Waals surface area contributed by atoms with Gasteiger partial charge in [-0.1, -0.05) is 0 Å². The molecule has 0 amide bonds. The van der Waals surface area contributed by atoms with E-state index < -0.39 is 36.9 Å². The molecule has 62 valence electrons. The lowest BCUT2D eigenvalue weighted by molar-refractivity contribution is 0.490. The molecule has 10 heavy (non-hydrogen) atoms. The molecular formula is H3NO6S3. The fraction of sp³-hybridized carbons (Fsp3) is 0. The van der Waals surface area contributed by atoms with Crippen LogP contribution in [0.3, 0.4) is 0 Å². The molecule has 0 fully saturated rings. The first-order chi connectivity index (χ1) is 4.46. The third-order valence-electron chi connectivity index (χ3n) is 0.383. The maximum Gasteiger partial charge on any atom is 0.263 e. The Balaban J connectivity index is 4.43. The summed E-state index contributed by atoms with van der Waals surface area (Å²) in [5.74, 6) is 0. The summed E-state index contributed by atoms with van der Waals surface area (Å²) in [6, 6.07) is 0. The van der Waals surface area contributed by atoms with Crippen molar-refractivity contribution < 1.29 is 26.3 Å². The largest absolute Gasteiger partial charge is 0.292 e. The van der Waals surface area contributed by atoms with Crippen LogP contribution >= 0.6 is 0 Å². The zero-order valence-electron chi connectivity index (χ0n) is 4.24. The molecule has 0 saturated heterocycles. The van der Waals surface area contributed by atoms with Gasteiger partial charge < -0.3 is 0 Å². The first-order valence-electron chi connectivity index (χ1n) is 1.60. The monoisotopic (exact) mass is 209 g/mol. The van der Waals surface area contributed by atoms with Crippen LogP contribution < -0.4 is 0 Å². The molecule has 3 atom stereocenters. The Morgan fingerprint density at radius 3 is 1.00 bits per heavy atom. The molecule has 0 rings (SSSR count). The van der Waals surface area contributed by atoms with Gasteiger partial charge in [0, 0.05) is 3.12 Å². The van der Waals surface area contributed by atoms with Crippen molar-refractivity contribution in [2.75, 3.05) is 0 Å². The zero-order valence-corrected chi connectivity index (χ0v) is 6.69. The van der Waals surface area contributed by atoms with Crippen LogP contribution in [0.1, 0.15) is 0 Å². The van der Waals surface area contributed by atoms with Crippen molar-refractivity contribution in [2.45, 2.75) is 0 Å². The molecule has 0 bridgehead atoms. The van der Waals surface area contributed by atoms with Crippen molar-refractivity contribution in [3.63, 3.8) is 0 Å². The van der Waals surface area contributed by atoms with Crippen molar-refractivity contribution in [1.82, 2.24) is 3.12 Å². The molecule has 7 nitrogen and oxygen atoms in total. The Labute approximate surface area is 63.7 Å². The topological polar surface area (TPSA) is 115 Å². The highest BCUT2D eigenvalue weighted by molar-refractivity contribution is 8.06. The van der Waals surface area contributed by atoms with Crippen LogP contribution in [0.2, 0.25) is 0 Å². The van der Waals surface area contributed by atoms with Gasteiger partial charge in [0.2, 0.25) is 0 Å². The SMILES string of the molecule is O=S(O)N(S(=O)O)S(=O)O. The van der Waals surface area contributed by atoms with Crippen LogP contribution in [0.15, 0.2) is 0 Å². The quantitative estimate of drug-likeness (QED) is 0.497. The second-order valence-electron chi connectivity index (χ2n) is 0.916. The average Bonchev–Trinajstić information content (AvgIpc) is 1.59. The molecule has 0 aliphatic heterocycles. The van der Waals surface area contributed by atoms with Gasteiger partial charge in [0.25, 0.3) is 33.8 Å². The average molecular weight is 209 g/mol. The van der Waals surface area contributed by atoms with Crippen LogP contribution in [-0.4, -0.2) is 29.4 Å². The lowest BCUT2D eigenvalue weighted by atomic mass is 13.8. The van der Waals surface area contributed by atoms with Crippen LogP contribution in [0.25, 0.3) is 0 Å². The molecule has 0 saturated carbocycles. The maximum absolute atomic E-state index is 9.91. The van der Waals surface area contributed by atoms with Crippen LogP contribution in [-0.2, 0) is 33.8 Å². The smallest absolute Gasteiger partial charge is 0.263 e. The number of rotatable bonds is 3. The Hall–Kier alpha value is 0.290. The maximum atomic E-state index is 9.91. The normalized spacial score (nSPS) is 20.4. The van der Waals surface area contributed by atoms with E-state index in [2.05, 4.69) is 0 Å². The summed E-state index contributed by atoms with van der Waals surface area (Å²) in [7, 11) is 0. The first-order valence-corrected chi connectivity index (χ1v) is 4.79. The summed E-state index contributed by atoms with van der Waals surface area (Å²) >= 11 is -8.79. The highest BCUT2D eigenvalue weighted by atomic mass is 32.3. The Morgan fingerprint density at radius 2 is 1.00 bits per heavy atom. The second kappa shape index (κ2) is 4.23. The molecule has 0 heterocycles. The summed E-state index contributed by atoms with van der Waals surface area (Å²) in [5.41, 5.74) is 0. The molecule has 10 heteroatoms. The van der Waals surface area contributed by atoms with Gasteiger partial charge in [0.15, 0.2) is 0 Å². The van der Waals surface area contributed by atoms with E-state index in [1.807, 2.05) is 0 Å². The summed E-state index contributed by atoms with van der Waals surface area (Å²) in [5, 5.41) is 0. The molecule has 0 spiro atoms. The molecular weight excluding hydrogens is 206 g/mol. The summed E-state index contributed by atoms with van der Waals surface area (Å²) < 4.78 is 53.5. The van der Waals surface area contributed by atoms with Crippen LogP contribution in [0, 0.1) is 0 Å². The zero-order chi connectivity index (χ0) is 8.31. The number of hydrogen-bond donors (Lipinski definition) is 3. The lowest BCUT2D eigenvalue weighted by Crippen LogP contribution is -2.28. The fourth-order valence-electron chi connectivity index (χ4n) is 0.164. The van der Waals surface area contributed by atoms with Gasteiger partial charge >= 0.3 is 0 Å². The van der Waals surface area contributed by atoms with Gasteiger partial charge in [-0.2, -0.15) is 0 Å². The van der Waals surface area contributed by atoms with Gasteiger partial charge in [-0.25, -0.2) is 12.6 Å². The van der Waals surface area contributed by atoms with E-state index in [-0.39, 0.29) is 0 Å². The molecule has 0 aliphatic carbocycles. The summed E-state index contributed by atoms with van der Waals surface area (Å²) in [6.45, 7) is 0. The van der Waals surface area contributed by atoms with Gasteiger partial charge in [-0.3, -0.25) is 13.7 Å². The van der Waals surface area contributed by atoms with Crippen molar-refractivity contribution in [1.29, 1.82) is 0 Å². The lowest BCUT2D eigenvalue weighted by Gasteiger charge is -2.04. The van der Waals surface area contributed by atoms with Crippen molar-refractivity contribution in [3.8, 4) is 0 Å². The van der Waals surface area contributed by atoms with Crippen LogP contribution in [0.5, 0.6) is 0 Å². The fourth-order valence-corrected chi connectivity index (χ4v) is 1.47. The van der Waals surface area contributed by atoms with E-state index in [4.69, 9.17) is 13.7 Å². The minimum Gasteiger partial charge on any atom is -0.292 e. The van der Waals surface area contributed by atoms with Gasteiger partial charge in [0.1, 0.15) is 0 Å². The Morgan fingerprint density at radius 1 is 0.800 bits per heavy atom. The Kier molecular flexibility index (Phi) is 4.35. The molecule has 0 radical (unpaired) electrons. The minimum atomic E-state index is -2.93. The highest BCUT2D eigenvalue weighted by Crippen LogP contribution is 1.97. The van der Waals surface area contributed by atoms with E-state index in [1.54, 1.807) is 0 Å². The Bertz CT molecular complexity index is 152. The van der Waals surface area contributed by atoms with Crippen molar-refractivity contribution >= 4 is 33.8 Å². The first kappa shape index (κ1) is 10.3.